The van der Waals surface area contributed by atoms with Crippen LogP contribution in [-0.4, -0.2) is 128 Å². The lowest BCUT2D eigenvalue weighted by molar-refractivity contribution is -0.311. The Morgan fingerprint density at radius 2 is 1.70 bits per heavy atom. The fraction of sp³-hybridized carbons (Fsp3) is 0.852. The number of carbonyl (C=O) groups is 2. The Bertz CT molecular complexity index is 939. The number of rotatable bonds is 9. The van der Waals surface area contributed by atoms with Crippen molar-refractivity contribution < 1.29 is 64.7 Å². The summed E-state index contributed by atoms with van der Waals surface area (Å²) < 4.78 is 15.9. The molecule has 230 valence electrons. The molecule has 13 nitrogen and oxygen atoms in total. The fourth-order valence-corrected chi connectivity index (χ4v) is 6.77. The van der Waals surface area contributed by atoms with Gasteiger partial charge in [-0.15, -0.1) is 0 Å². The van der Waals surface area contributed by atoms with Gasteiger partial charge in [0, 0.05) is 35.2 Å². The molecule has 0 aromatic carbocycles. The maximum absolute atomic E-state index is 13.5. The second-order valence-corrected chi connectivity index (χ2v) is 12.0. The van der Waals surface area contributed by atoms with Crippen molar-refractivity contribution >= 4 is 11.8 Å². The lowest BCUT2D eigenvalue weighted by Crippen LogP contribution is -2.71. The lowest BCUT2D eigenvalue weighted by Gasteiger charge is -2.61. The third kappa shape index (κ3) is 5.49. The highest BCUT2D eigenvalue weighted by molar-refractivity contribution is 5.92. The first-order chi connectivity index (χ1) is 18.6. The SMILES string of the molecule is C=C(C(=O)OC)C1CCC2(C)C(C1O)C(CO[C@@H]1O[C@H](CO)[C@@H](O)[C@H](O)[C@H]1O)C(O)CC2(O)C(=O)C(O)C(C)C. The molecular weight excluding hydrogens is 532 g/mol. The zero-order valence-electron chi connectivity index (χ0n) is 23.3. The van der Waals surface area contributed by atoms with E-state index in [0.29, 0.717) is 0 Å². The predicted molar refractivity (Wildman–Crippen MR) is 136 cm³/mol. The number of carbonyl (C=O) groups excluding carboxylic acids is 2. The van der Waals surface area contributed by atoms with Crippen molar-refractivity contribution in [2.75, 3.05) is 20.3 Å². The molecule has 8 unspecified atom stereocenters. The molecular formula is C27H44O13. The molecule has 1 saturated heterocycles. The molecule has 8 N–H and O–H groups in total. The van der Waals surface area contributed by atoms with E-state index < -0.39 is 115 Å². The summed E-state index contributed by atoms with van der Waals surface area (Å²) in [6.45, 7) is 7.47. The van der Waals surface area contributed by atoms with Crippen LogP contribution in [0.25, 0.3) is 0 Å². The number of Topliss-reactive ketones (excluding diaryl/α,β-unsaturated/α-hetero) is 1. The summed E-state index contributed by atoms with van der Waals surface area (Å²) >= 11 is 0. The van der Waals surface area contributed by atoms with Gasteiger partial charge in [-0.2, -0.15) is 0 Å². The third-order valence-electron chi connectivity index (χ3n) is 9.40. The first-order valence-corrected chi connectivity index (χ1v) is 13.6. The molecule has 13 atom stereocenters. The van der Waals surface area contributed by atoms with E-state index in [2.05, 4.69) is 6.58 Å². The Morgan fingerprint density at radius 1 is 1.07 bits per heavy atom. The molecule has 2 saturated carbocycles. The van der Waals surface area contributed by atoms with Crippen LogP contribution in [0.15, 0.2) is 12.2 Å². The lowest BCUT2D eigenvalue weighted by atomic mass is 9.46. The first-order valence-electron chi connectivity index (χ1n) is 13.6. The van der Waals surface area contributed by atoms with Gasteiger partial charge < -0.3 is 55.1 Å². The van der Waals surface area contributed by atoms with Gasteiger partial charge in [0.05, 0.1) is 32.5 Å². The van der Waals surface area contributed by atoms with E-state index in [4.69, 9.17) is 14.2 Å². The number of fused-ring (bicyclic) bond motifs is 1. The molecule has 0 aromatic heterocycles. The van der Waals surface area contributed by atoms with Crippen LogP contribution in [0.1, 0.15) is 40.0 Å². The summed E-state index contributed by atoms with van der Waals surface area (Å²) in [4.78, 5) is 25.8. The Hall–Kier alpha value is -1.52. The van der Waals surface area contributed by atoms with Gasteiger partial charge in [0.2, 0.25) is 0 Å². The molecule has 0 aromatic rings. The van der Waals surface area contributed by atoms with E-state index in [9.17, 15) is 50.4 Å². The van der Waals surface area contributed by atoms with Gasteiger partial charge in [-0.25, -0.2) is 4.79 Å². The maximum atomic E-state index is 13.5. The van der Waals surface area contributed by atoms with Crippen molar-refractivity contribution in [3.05, 3.63) is 12.2 Å². The minimum Gasteiger partial charge on any atom is -0.466 e. The molecule has 0 spiro atoms. The minimum atomic E-state index is -2.25. The van der Waals surface area contributed by atoms with Crippen molar-refractivity contribution in [2.24, 2.45) is 29.1 Å². The van der Waals surface area contributed by atoms with Crippen molar-refractivity contribution in [3.63, 3.8) is 0 Å². The van der Waals surface area contributed by atoms with Crippen LogP contribution in [0.5, 0.6) is 0 Å². The van der Waals surface area contributed by atoms with E-state index >= 15 is 0 Å². The Labute approximate surface area is 233 Å². The second kappa shape index (κ2) is 12.4. The van der Waals surface area contributed by atoms with E-state index in [0.717, 1.165) is 0 Å². The predicted octanol–water partition coefficient (Wildman–Crippen LogP) is -2.38. The monoisotopic (exact) mass is 576 g/mol. The van der Waals surface area contributed by atoms with E-state index in [1.54, 1.807) is 20.8 Å². The molecule has 1 aliphatic heterocycles. The molecule has 0 radical (unpaired) electrons. The number of hydrogen-bond donors (Lipinski definition) is 8. The maximum Gasteiger partial charge on any atom is 0.333 e. The van der Waals surface area contributed by atoms with Crippen molar-refractivity contribution in [2.45, 2.75) is 94.7 Å². The quantitative estimate of drug-likeness (QED) is 0.106. The molecule has 40 heavy (non-hydrogen) atoms. The zero-order chi connectivity index (χ0) is 30.3. The Kier molecular flexibility index (Phi) is 10.2. The smallest absolute Gasteiger partial charge is 0.333 e. The fourth-order valence-electron chi connectivity index (χ4n) is 6.77. The van der Waals surface area contributed by atoms with Crippen LogP contribution in [0.3, 0.4) is 0 Å². The highest BCUT2D eigenvalue weighted by atomic mass is 16.7. The van der Waals surface area contributed by atoms with Gasteiger partial charge in [0.25, 0.3) is 0 Å². The Morgan fingerprint density at radius 3 is 2.25 bits per heavy atom. The molecule has 3 fully saturated rings. The van der Waals surface area contributed by atoms with Crippen molar-refractivity contribution in [1.82, 2.24) is 0 Å². The van der Waals surface area contributed by atoms with Gasteiger partial charge >= 0.3 is 5.97 Å². The summed E-state index contributed by atoms with van der Waals surface area (Å²) in [6, 6.07) is 0. The summed E-state index contributed by atoms with van der Waals surface area (Å²) in [7, 11) is 1.17. The summed E-state index contributed by atoms with van der Waals surface area (Å²) in [5.41, 5.74) is -3.68. The molecule has 2 aliphatic carbocycles. The van der Waals surface area contributed by atoms with Crippen LogP contribution in [0.4, 0.5) is 0 Å². The highest BCUT2D eigenvalue weighted by Gasteiger charge is 2.67. The summed E-state index contributed by atoms with van der Waals surface area (Å²) in [5, 5.41) is 85.5. The number of aliphatic hydroxyl groups excluding tert-OH is 7. The van der Waals surface area contributed by atoms with Crippen molar-refractivity contribution in [3.8, 4) is 0 Å². The zero-order valence-corrected chi connectivity index (χ0v) is 23.3. The second-order valence-electron chi connectivity index (χ2n) is 12.0. The van der Waals surface area contributed by atoms with Gasteiger partial charge in [-0.3, -0.25) is 4.79 Å². The molecule has 1 heterocycles. The van der Waals surface area contributed by atoms with E-state index in [-0.39, 0.29) is 18.4 Å². The third-order valence-corrected chi connectivity index (χ3v) is 9.40. The topological polar surface area (TPSA) is 224 Å². The van der Waals surface area contributed by atoms with Gasteiger partial charge in [-0.05, 0) is 18.8 Å². The number of aliphatic hydroxyl groups is 8. The van der Waals surface area contributed by atoms with Gasteiger partial charge in [0.1, 0.15) is 36.1 Å². The molecule has 13 heteroatoms. The van der Waals surface area contributed by atoms with Crippen molar-refractivity contribution in [1.29, 1.82) is 0 Å². The first kappa shape index (κ1) is 33.0. The number of ether oxygens (including phenoxy) is 3. The number of hydrogen-bond acceptors (Lipinski definition) is 13. The van der Waals surface area contributed by atoms with E-state index in [1.165, 1.54) is 7.11 Å². The number of esters is 1. The average Bonchev–Trinajstić information content (AvgIpc) is 2.91. The van der Waals surface area contributed by atoms with Crippen LogP contribution < -0.4 is 0 Å². The van der Waals surface area contributed by atoms with Crippen LogP contribution >= 0.6 is 0 Å². The van der Waals surface area contributed by atoms with Crippen LogP contribution in [0, 0.1) is 29.1 Å². The number of ketones is 1. The van der Waals surface area contributed by atoms with Crippen LogP contribution in [-0.2, 0) is 23.8 Å². The van der Waals surface area contributed by atoms with E-state index in [1.807, 2.05) is 0 Å². The van der Waals surface area contributed by atoms with Gasteiger partial charge in [-0.1, -0.05) is 27.4 Å². The summed E-state index contributed by atoms with van der Waals surface area (Å²) in [6.07, 6.45) is -12.5. The number of methoxy groups -OCH3 is 1. The standard InChI is InChI=1S/C27H44O13/c1-11(2)18(30)23(35)27(37)8-15(29)14(10-39-25-22(34)21(33)20(32)16(9-28)40-25)17-19(31)13(6-7-26(17,27)4)12(3)24(36)38-5/h11,13-22,25,28-34,37H,3,6-10H2,1-2,4-5H3/t13?,14?,15?,16-,17?,18?,19?,20-,21+,22-,25-,26?,27?/m1/s1. The Balaban J connectivity index is 1.99. The average molecular weight is 577 g/mol. The molecule has 0 bridgehead atoms. The normalized spacial score (nSPS) is 44.5. The molecule has 0 amide bonds. The molecule has 3 rings (SSSR count). The minimum absolute atomic E-state index is 0.0252. The summed E-state index contributed by atoms with van der Waals surface area (Å²) in [5.74, 6) is -5.11. The molecule has 3 aliphatic rings. The highest BCUT2D eigenvalue weighted by Crippen LogP contribution is 2.60. The van der Waals surface area contributed by atoms with Gasteiger partial charge in [0.15, 0.2) is 12.1 Å². The largest absolute Gasteiger partial charge is 0.466 e. The van der Waals surface area contributed by atoms with Crippen LogP contribution in [0.2, 0.25) is 0 Å².